The molecule has 25 heavy (non-hydrogen) atoms. The smallest absolute Gasteiger partial charge is 0.234 e. The van der Waals surface area contributed by atoms with Crippen LogP contribution in [0.1, 0.15) is 57.6 Å². The third kappa shape index (κ3) is 2.64. The number of carbonyl (C=O) groups is 1. The number of hydrogen-bond donors (Lipinski definition) is 2. The Morgan fingerprint density at radius 2 is 2.04 bits per heavy atom. The Morgan fingerprint density at radius 3 is 2.76 bits per heavy atom. The summed E-state index contributed by atoms with van der Waals surface area (Å²) in [5, 5.41) is 14.1. The first kappa shape index (κ1) is 16.8. The molecule has 2 N–H and O–H groups in total. The van der Waals surface area contributed by atoms with Gasteiger partial charge in [-0.1, -0.05) is 36.8 Å². The van der Waals surface area contributed by atoms with Gasteiger partial charge in [-0.3, -0.25) is 4.79 Å². The molecular formula is C22H29NO2. The predicted octanol–water partition coefficient (Wildman–Crippen LogP) is 3.84. The van der Waals surface area contributed by atoms with Gasteiger partial charge in [-0.2, -0.15) is 0 Å². The van der Waals surface area contributed by atoms with Crippen molar-refractivity contribution in [1.29, 1.82) is 0 Å². The van der Waals surface area contributed by atoms with E-state index in [1.54, 1.807) is 0 Å². The van der Waals surface area contributed by atoms with Crippen LogP contribution >= 0.6 is 0 Å². The fourth-order valence-electron chi connectivity index (χ4n) is 5.30. The molecule has 3 aliphatic rings. The van der Waals surface area contributed by atoms with E-state index in [2.05, 4.69) is 31.3 Å². The van der Waals surface area contributed by atoms with Gasteiger partial charge in [-0.05, 0) is 75.3 Å². The molecule has 4 rings (SSSR count). The number of amides is 1. The molecule has 1 aromatic carbocycles. The van der Waals surface area contributed by atoms with Gasteiger partial charge >= 0.3 is 0 Å². The van der Waals surface area contributed by atoms with Gasteiger partial charge in [0.05, 0.1) is 11.0 Å². The van der Waals surface area contributed by atoms with Crippen LogP contribution in [0, 0.1) is 24.7 Å². The van der Waals surface area contributed by atoms with Crippen molar-refractivity contribution >= 4 is 5.91 Å². The summed E-state index contributed by atoms with van der Waals surface area (Å²) in [6, 6.07) is 8.20. The molecule has 1 amide bonds. The maximum absolute atomic E-state index is 13.1. The van der Waals surface area contributed by atoms with E-state index in [4.69, 9.17) is 0 Å². The Morgan fingerprint density at radius 1 is 1.28 bits per heavy atom. The molecular weight excluding hydrogens is 310 g/mol. The van der Waals surface area contributed by atoms with Crippen LogP contribution in [-0.4, -0.2) is 16.6 Å². The summed E-state index contributed by atoms with van der Waals surface area (Å²) in [7, 11) is 0. The van der Waals surface area contributed by atoms with E-state index in [0.717, 1.165) is 36.9 Å². The molecule has 2 saturated carbocycles. The molecule has 0 aromatic heterocycles. The van der Waals surface area contributed by atoms with Crippen molar-refractivity contribution in [2.24, 2.45) is 17.8 Å². The molecule has 3 heteroatoms. The highest BCUT2D eigenvalue weighted by Crippen LogP contribution is 2.60. The number of hydrogen-bond acceptors (Lipinski definition) is 2. The normalized spacial score (nSPS) is 33.7. The summed E-state index contributed by atoms with van der Waals surface area (Å²) in [5.74, 6) is 1.39. The first-order valence-electron chi connectivity index (χ1n) is 9.53. The molecule has 3 aliphatic carbocycles. The SMILES string of the molecule is Cc1cccc(C(C)(C)C(=O)NC2=C3CC4CC(O)(CC2C)CC34)c1. The van der Waals surface area contributed by atoms with Crippen LogP contribution in [0.3, 0.4) is 0 Å². The standard InChI is InChI=1S/C22H29NO2/c1-13-6-5-7-16(8-13)21(3,4)20(24)23-19-14(2)10-22(25)11-15-9-17(19)18(15)12-22/h5-8,14-15,18,25H,9-12H2,1-4H3,(H,23,24). The zero-order chi connectivity index (χ0) is 18.0. The van der Waals surface area contributed by atoms with Crippen LogP contribution in [0.2, 0.25) is 0 Å². The fraction of sp³-hybridized carbons (Fsp3) is 0.591. The van der Waals surface area contributed by atoms with Crippen LogP contribution in [0.15, 0.2) is 35.5 Å². The first-order chi connectivity index (χ1) is 11.7. The lowest BCUT2D eigenvalue weighted by atomic mass is 9.68. The highest BCUT2D eigenvalue weighted by Gasteiger charge is 2.55. The lowest BCUT2D eigenvalue weighted by molar-refractivity contribution is -0.125. The van der Waals surface area contributed by atoms with E-state index >= 15 is 0 Å². The molecule has 4 atom stereocenters. The number of fused-ring (bicyclic) bond motifs is 1. The molecule has 0 saturated heterocycles. The largest absolute Gasteiger partial charge is 0.390 e. The second kappa shape index (κ2) is 5.44. The van der Waals surface area contributed by atoms with Crippen LogP contribution in [0.5, 0.6) is 0 Å². The summed E-state index contributed by atoms with van der Waals surface area (Å²) in [4.78, 5) is 13.1. The highest BCUT2D eigenvalue weighted by molar-refractivity contribution is 5.88. The van der Waals surface area contributed by atoms with E-state index < -0.39 is 11.0 Å². The zero-order valence-corrected chi connectivity index (χ0v) is 15.7. The van der Waals surface area contributed by atoms with Gasteiger partial charge in [0, 0.05) is 5.70 Å². The van der Waals surface area contributed by atoms with Crippen molar-refractivity contribution in [3.63, 3.8) is 0 Å². The van der Waals surface area contributed by atoms with Gasteiger partial charge in [-0.15, -0.1) is 0 Å². The lowest BCUT2D eigenvalue weighted by Gasteiger charge is -2.39. The van der Waals surface area contributed by atoms with Crippen LogP contribution in [0.4, 0.5) is 0 Å². The summed E-state index contributed by atoms with van der Waals surface area (Å²) >= 11 is 0. The third-order valence-electron chi connectivity index (χ3n) is 6.82. The van der Waals surface area contributed by atoms with Crippen LogP contribution in [0.25, 0.3) is 0 Å². The van der Waals surface area contributed by atoms with E-state index in [1.807, 2.05) is 26.0 Å². The van der Waals surface area contributed by atoms with Crippen molar-refractivity contribution in [1.82, 2.24) is 5.32 Å². The maximum atomic E-state index is 13.1. The van der Waals surface area contributed by atoms with Crippen molar-refractivity contribution in [3.05, 3.63) is 46.7 Å². The number of carbonyl (C=O) groups excluding carboxylic acids is 1. The number of aryl methyl sites for hydroxylation is 1. The highest BCUT2D eigenvalue weighted by atomic mass is 16.3. The molecule has 2 bridgehead atoms. The third-order valence-corrected chi connectivity index (χ3v) is 6.82. The second-order valence-corrected chi connectivity index (χ2v) is 9.20. The van der Waals surface area contributed by atoms with Crippen LogP contribution < -0.4 is 5.32 Å². The Hall–Kier alpha value is -1.61. The van der Waals surface area contributed by atoms with Gasteiger partial charge in [0.25, 0.3) is 0 Å². The van der Waals surface area contributed by atoms with E-state index in [-0.39, 0.29) is 11.8 Å². The number of allylic oxidation sites excluding steroid dienone is 2. The van der Waals surface area contributed by atoms with Crippen molar-refractivity contribution in [2.75, 3.05) is 0 Å². The molecule has 3 nitrogen and oxygen atoms in total. The Balaban J connectivity index is 1.60. The van der Waals surface area contributed by atoms with Crippen molar-refractivity contribution in [2.45, 2.75) is 64.4 Å². The van der Waals surface area contributed by atoms with E-state index in [0.29, 0.717) is 11.8 Å². The second-order valence-electron chi connectivity index (χ2n) is 9.20. The molecule has 0 radical (unpaired) electrons. The van der Waals surface area contributed by atoms with Crippen LogP contribution in [-0.2, 0) is 10.2 Å². The molecule has 1 aromatic rings. The minimum Gasteiger partial charge on any atom is -0.390 e. The summed E-state index contributed by atoms with van der Waals surface area (Å²) in [6.45, 7) is 8.19. The van der Waals surface area contributed by atoms with E-state index in [9.17, 15) is 9.90 Å². The topological polar surface area (TPSA) is 49.3 Å². The molecule has 0 spiro atoms. The first-order valence-corrected chi connectivity index (χ1v) is 9.53. The molecule has 0 heterocycles. The minimum absolute atomic E-state index is 0.0562. The summed E-state index contributed by atoms with van der Waals surface area (Å²) in [5.41, 5.74) is 3.62. The lowest BCUT2D eigenvalue weighted by Crippen LogP contribution is -2.43. The summed E-state index contributed by atoms with van der Waals surface area (Å²) in [6.07, 6.45) is 3.65. The maximum Gasteiger partial charge on any atom is 0.234 e. The van der Waals surface area contributed by atoms with Gasteiger partial charge in [0.2, 0.25) is 5.91 Å². The fourth-order valence-corrected chi connectivity index (χ4v) is 5.30. The molecule has 134 valence electrons. The quantitative estimate of drug-likeness (QED) is 0.879. The zero-order valence-electron chi connectivity index (χ0n) is 15.7. The Labute approximate surface area is 150 Å². The van der Waals surface area contributed by atoms with E-state index in [1.165, 1.54) is 11.1 Å². The molecule has 2 fully saturated rings. The number of rotatable bonds is 3. The molecule has 0 aliphatic heterocycles. The van der Waals surface area contributed by atoms with Gasteiger partial charge in [0.1, 0.15) is 0 Å². The number of nitrogens with one attached hydrogen (secondary N) is 1. The number of aliphatic hydroxyl groups is 1. The Kier molecular flexibility index (Phi) is 3.66. The van der Waals surface area contributed by atoms with Gasteiger partial charge < -0.3 is 10.4 Å². The monoisotopic (exact) mass is 339 g/mol. The average Bonchev–Trinajstić information content (AvgIpc) is 2.74. The van der Waals surface area contributed by atoms with Gasteiger partial charge in [-0.25, -0.2) is 0 Å². The molecule has 4 unspecified atom stereocenters. The minimum atomic E-state index is -0.579. The predicted molar refractivity (Wildman–Crippen MR) is 98.9 cm³/mol. The number of benzene rings is 1. The summed E-state index contributed by atoms with van der Waals surface area (Å²) < 4.78 is 0. The van der Waals surface area contributed by atoms with Crippen molar-refractivity contribution < 1.29 is 9.90 Å². The van der Waals surface area contributed by atoms with Gasteiger partial charge in [0.15, 0.2) is 0 Å². The average molecular weight is 339 g/mol. The van der Waals surface area contributed by atoms with Crippen molar-refractivity contribution in [3.8, 4) is 0 Å². The Bertz CT molecular complexity index is 763.